The highest BCUT2D eigenvalue weighted by Crippen LogP contribution is 2.35. The summed E-state index contributed by atoms with van der Waals surface area (Å²) < 4.78 is 39.4. The third-order valence-electron chi connectivity index (χ3n) is 3.50. The monoisotopic (exact) mass is 366 g/mol. The summed E-state index contributed by atoms with van der Waals surface area (Å²) in [7, 11) is 0. The number of para-hydroxylation sites is 1. The lowest BCUT2D eigenvalue weighted by Gasteiger charge is -2.17. The van der Waals surface area contributed by atoms with Crippen LogP contribution in [0.5, 0.6) is 0 Å². The average Bonchev–Trinajstić information content (AvgIpc) is 2.53. The fourth-order valence-electron chi connectivity index (χ4n) is 2.58. The van der Waals surface area contributed by atoms with Gasteiger partial charge in [0.1, 0.15) is 5.69 Å². The average molecular weight is 367 g/mol. The number of alkyl halides is 3. The van der Waals surface area contributed by atoms with Crippen LogP contribution in [-0.2, 0) is 6.42 Å². The maximum Gasteiger partial charge on any atom is 0.393 e. The highest BCUT2D eigenvalue weighted by atomic mass is 35.5. The van der Waals surface area contributed by atoms with Gasteiger partial charge in [0.15, 0.2) is 0 Å². The van der Waals surface area contributed by atoms with Crippen LogP contribution in [0.2, 0.25) is 5.02 Å². The zero-order chi connectivity index (χ0) is 18.2. The van der Waals surface area contributed by atoms with Crippen LogP contribution in [0, 0.1) is 0 Å². The smallest absolute Gasteiger partial charge is 0.366 e. The molecule has 0 fully saturated rings. The molecule has 3 aromatic rings. The lowest BCUT2D eigenvalue weighted by atomic mass is 9.96. The number of carbonyl (C=O) groups excluding carboxylic acids is 1. The van der Waals surface area contributed by atoms with Gasteiger partial charge in [-0.1, -0.05) is 23.7 Å². The summed E-state index contributed by atoms with van der Waals surface area (Å²) in [6.45, 7) is 0. The molecule has 0 spiro atoms. The largest absolute Gasteiger partial charge is 0.393 e. The molecule has 0 atom stereocenters. The molecule has 1 amide bonds. The topological polar surface area (TPSA) is 81.8 Å². The van der Waals surface area contributed by atoms with Gasteiger partial charge in [-0.25, -0.2) is 4.98 Å². The van der Waals surface area contributed by atoms with Crippen LogP contribution in [0.25, 0.3) is 22.3 Å². The number of nitrogens with two attached hydrogens (primary N) is 1. The van der Waals surface area contributed by atoms with E-state index in [-0.39, 0.29) is 38.4 Å². The van der Waals surface area contributed by atoms with Crippen LogP contribution in [-0.4, -0.2) is 27.0 Å². The van der Waals surface area contributed by atoms with Crippen LogP contribution in [0.15, 0.2) is 36.8 Å². The first-order valence-electron chi connectivity index (χ1n) is 7.02. The predicted octanol–water partition coefficient (Wildman–Crippen LogP) is 3.55. The number of nitrogens with zero attached hydrogens (tertiary/aromatic N) is 3. The standard InChI is InChI=1S/C16H10ClF3N4O/c17-10-3-1-2-8-12(15(21)25)9(6-16(18,19)20)14(24-13(8)10)11-7-22-4-5-23-11/h1-5,7H,6H2,(H2,21,25). The van der Waals surface area contributed by atoms with Crippen LogP contribution >= 0.6 is 11.6 Å². The summed E-state index contributed by atoms with van der Waals surface area (Å²) in [6.07, 6.45) is -2.01. The van der Waals surface area contributed by atoms with Crippen molar-refractivity contribution in [3.05, 3.63) is 52.9 Å². The van der Waals surface area contributed by atoms with E-state index in [9.17, 15) is 18.0 Å². The summed E-state index contributed by atoms with van der Waals surface area (Å²) in [6, 6.07) is 4.48. The Labute approximate surface area is 144 Å². The Morgan fingerprint density at radius 3 is 2.60 bits per heavy atom. The number of amides is 1. The van der Waals surface area contributed by atoms with Crippen molar-refractivity contribution in [2.75, 3.05) is 0 Å². The predicted molar refractivity (Wildman–Crippen MR) is 86.1 cm³/mol. The third-order valence-corrected chi connectivity index (χ3v) is 3.80. The minimum absolute atomic E-state index is 0.0890. The molecule has 0 radical (unpaired) electrons. The molecule has 25 heavy (non-hydrogen) atoms. The van der Waals surface area contributed by atoms with E-state index in [1.165, 1.54) is 36.8 Å². The molecular weight excluding hydrogens is 357 g/mol. The van der Waals surface area contributed by atoms with Gasteiger partial charge >= 0.3 is 6.18 Å². The second-order valence-corrected chi connectivity index (χ2v) is 5.60. The number of hydrogen-bond acceptors (Lipinski definition) is 4. The number of fused-ring (bicyclic) bond motifs is 1. The number of benzene rings is 1. The summed E-state index contributed by atoms with van der Waals surface area (Å²) >= 11 is 6.11. The van der Waals surface area contributed by atoms with Crippen molar-refractivity contribution < 1.29 is 18.0 Å². The molecule has 2 N–H and O–H groups in total. The SMILES string of the molecule is NC(=O)c1c(CC(F)(F)F)c(-c2cnccn2)nc2c(Cl)cccc12. The lowest BCUT2D eigenvalue weighted by Crippen LogP contribution is -2.21. The van der Waals surface area contributed by atoms with Crippen molar-refractivity contribution in [2.45, 2.75) is 12.6 Å². The van der Waals surface area contributed by atoms with Crippen LogP contribution in [0.1, 0.15) is 15.9 Å². The van der Waals surface area contributed by atoms with Crippen LogP contribution in [0.4, 0.5) is 13.2 Å². The Morgan fingerprint density at radius 2 is 2.00 bits per heavy atom. The molecule has 128 valence electrons. The highest BCUT2D eigenvalue weighted by molar-refractivity contribution is 6.35. The Bertz CT molecular complexity index is 961. The molecule has 0 aliphatic heterocycles. The minimum atomic E-state index is -4.57. The molecule has 0 saturated heterocycles. The molecule has 0 bridgehead atoms. The number of halogens is 4. The summed E-state index contributed by atoms with van der Waals surface area (Å²) in [5, 5.41) is 0.343. The van der Waals surface area contributed by atoms with E-state index in [4.69, 9.17) is 17.3 Å². The van der Waals surface area contributed by atoms with Gasteiger partial charge in [0.25, 0.3) is 0 Å². The van der Waals surface area contributed by atoms with Gasteiger partial charge in [0.05, 0.1) is 34.4 Å². The van der Waals surface area contributed by atoms with Crippen LogP contribution in [0.3, 0.4) is 0 Å². The first-order valence-corrected chi connectivity index (χ1v) is 7.40. The molecule has 0 unspecified atom stereocenters. The Morgan fingerprint density at radius 1 is 1.24 bits per heavy atom. The van der Waals surface area contributed by atoms with E-state index in [1.54, 1.807) is 0 Å². The number of rotatable bonds is 3. The number of aromatic nitrogens is 3. The molecule has 9 heteroatoms. The third kappa shape index (κ3) is 3.39. The highest BCUT2D eigenvalue weighted by Gasteiger charge is 2.33. The number of carbonyl (C=O) groups is 1. The molecule has 1 aromatic carbocycles. The van der Waals surface area contributed by atoms with Gasteiger partial charge in [-0.2, -0.15) is 13.2 Å². The Kier molecular flexibility index (Phi) is 4.30. The van der Waals surface area contributed by atoms with Crippen molar-refractivity contribution >= 4 is 28.4 Å². The second kappa shape index (κ2) is 6.29. The van der Waals surface area contributed by atoms with Gasteiger partial charge in [0, 0.05) is 23.3 Å². The maximum absolute atomic E-state index is 13.1. The van der Waals surface area contributed by atoms with E-state index in [1.807, 2.05) is 0 Å². The Hall–Kier alpha value is -2.74. The first kappa shape index (κ1) is 17.1. The maximum atomic E-state index is 13.1. The van der Waals surface area contributed by atoms with Crippen molar-refractivity contribution in [3.8, 4) is 11.4 Å². The van der Waals surface area contributed by atoms with Crippen LogP contribution < -0.4 is 5.73 Å². The van der Waals surface area contributed by atoms with Gasteiger partial charge in [0.2, 0.25) is 5.91 Å². The Balaban J connectivity index is 2.45. The van der Waals surface area contributed by atoms with E-state index in [2.05, 4.69) is 15.0 Å². The van der Waals surface area contributed by atoms with Crippen molar-refractivity contribution in [1.82, 2.24) is 15.0 Å². The molecule has 0 aliphatic rings. The van der Waals surface area contributed by atoms with Crippen molar-refractivity contribution in [3.63, 3.8) is 0 Å². The molecule has 3 rings (SSSR count). The molecule has 5 nitrogen and oxygen atoms in total. The summed E-state index contributed by atoms with van der Waals surface area (Å²) in [4.78, 5) is 24.0. The van der Waals surface area contributed by atoms with Gasteiger partial charge in [-0.15, -0.1) is 0 Å². The molecular formula is C16H10ClF3N4O. The molecule has 0 saturated carbocycles. The second-order valence-electron chi connectivity index (χ2n) is 5.20. The number of primary amides is 1. The van der Waals surface area contributed by atoms with E-state index < -0.39 is 18.5 Å². The van der Waals surface area contributed by atoms with E-state index in [0.717, 1.165) is 0 Å². The fourth-order valence-corrected chi connectivity index (χ4v) is 2.79. The van der Waals surface area contributed by atoms with Gasteiger partial charge in [-0.3, -0.25) is 14.8 Å². The van der Waals surface area contributed by atoms with Crippen molar-refractivity contribution in [1.29, 1.82) is 0 Å². The molecule has 2 aromatic heterocycles. The quantitative estimate of drug-likeness (QED) is 0.768. The van der Waals surface area contributed by atoms with Crippen molar-refractivity contribution in [2.24, 2.45) is 5.73 Å². The lowest BCUT2D eigenvalue weighted by molar-refractivity contribution is -0.127. The normalized spacial score (nSPS) is 11.7. The molecule has 0 aliphatic carbocycles. The molecule has 2 heterocycles. The fraction of sp³-hybridized carbons (Fsp3) is 0.125. The van der Waals surface area contributed by atoms with E-state index in [0.29, 0.717) is 0 Å². The number of pyridine rings is 1. The zero-order valence-corrected chi connectivity index (χ0v) is 13.3. The van der Waals surface area contributed by atoms with E-state index >= 15 is 0 Å². The van der Waals surface area contributed by atoms with Gasteiger partial charge in [-0.05, 0) is 6.07 Å². The summed E-state index contributed by atoms with van der Waals surface area (Å²) in [5.41, 5.74) is 4.89. The first-order chi connectivity index (χ1) is 11.8. The van der Waals surface area contributed by atoms with Gasteiger partial charge < -0.3 is 5.73 Å². The number of hydrogen-bond donors (Lipinski definition) is 1. The zero-order valence-electron chi connectivity index (χ0n) is 12.5. The minimum Gasteiger partial charge on any atom is -0.366 e. The summed E-state index contributed by atoms with van der Waals surface area (Å²) in [5.74, 6) is -1.00.